The number of hydrogen-bond acceptors (Lipinski definition) is 0. The fourth-order valence-corrected chi connectivity index (χ4v) is 3.56. The molecule has 0 amide bonds. The molecule has 0 atom stereocenters. The third-order valence-corrected chi connectivity index (χ3v) is 5.03. The van der Waals surface area contributed by atoms with Gasteiger partial charge in [0.2, 0.25) is 0 Å². The van der Waals surface area contributed by atoms with E-state index < -0.39 is 17.5 Å². The highest BCUT2D eigenvalue weighted by Gasteiger charge is 2.22. The van der Waals surface area contributed by atoms with Crippen LogP contribution in [0.5, 0.6) is 0 Å². The van der Waals surface area contributed by atoms with Crippen LogP contribution in [0.1, 0.15) is 43.7 Å². The van der Waals surface area contributed by atoms with Gasteiger partial charge in [0.15, 0.2) is 11.6 Å². The minimum atomic E-state index is -1.06. The van der Waals surface area contributed by atoms with Gasteiger partial charge in [-0.25, -0.2) is 13.2 Å². The van der Waals surface area contributed by atoms with Crippen LogP contribution in [-0.2, 0) is 6.42 Å². The van der Waals surface area contributed by atoms with Gasteiger partial charge in [0.25, 0.3) is 0 Å². The first-order chi connectivity index (χ1) is 10.5. The van der Waals surface area contributed by atoms with Gasteiger partial charge < -0.3 is 0 Å². The first kappa shape index (κ1) is 15.4. The number of hydrogen-bond donors (Lipinski definition) is 0. The molecule has 0 aliphatic heterocycles. The van der Waals surface area contributed by atoms with E-state index in [1.807, 2.05) is 0 Å². The van der Waals surface area contributed by atoms with Gasteiger partial charge >= 0.3 is 0 Å². The van der Waals surface area contributed by atoms with E-state index in [-0.39, 0.29) is 10.9 Å². The summed E-state index contributed by atoms with van der Waals surface area (Å²) in [7, 11) is 0. The summed E-state index contributed by atoms with van der Waals surface area (Å²) >= 11 is 0. The number of fused-ring (bicyclic) bond motifs is 1. The largest absolute Gasteiger partial charge is 0.206 e. The second kappa shape index (κ2) is 5.94. The van der Waals surface area contributed by atoms with Crippen LogP contribution >= 0.6 is 0 Å². The molecule has 2 aromatic carbocycles. The molecule has 0 unspecified atom stereocenters. The number of rotatable bonds is 2. The average molecular weight is 306 g/mol. The lowest BCUT2D eigenvalue weighted by Gasteiger charge is -2.26. The molecule has 0 heterocycles. The van der Waals surface area contributed by atoms with Crippen LogP contribution in [0.25, 0.3) is 10.8 Å². The molecule has 0 nitrogen and oxygen atoms in total. The molecule has 3 rings (SSSR count). The highest BCUT2D eigenvalue weighted by molar-refractivity contribution is 5.85. The Hall–Kier alpha value is -1.51. The van der Waals surface area contributed by atoms with E-state index in [9.17, 15) is 13.2 Å². The van der Waals surface area contributed by atoms with Crippen LogP contribution in [0.2, 0.25) is 0 Å². The van der Waals surface area contributed by atoms with Crippen LogP contribution in [0.15, 0.2) is 18.2 Å². The third-order valence-electron chi connectivity index (χ3n) is 5.03. The monoisotopic (exact) mass is 306 g/mol. The molecule has 2 aromatic rings. The van der Waals surface area contributed by atoms with Gasteiger partial charge in [-0.15, -0.1) is 0 Å². The van der Waals surface area contributed by atoms with Gasteiger partial charge in [-0.3, -0.25) is 0 Å². The Balaban J connectivity index is 1.96. The lowest BCUT2D eigenvalue weighted by Crippen LogP contribution is -2.15. The van der Waals surface area contributed by atoms with E-state index in [4.69, 9.17) is 0 Å². The predicted molar refractivity (Wildman–Crippen MR) is 83.4 cm³/mol. The van der Waals surface area contributed by atoms with Crippen molar-refractivity contribution >= 4 is 10.8 Å². The van der Waals surface area contributed by atoms with Crippen LogP contribution in [0.4, 0.5) is 13.2 Å². The topological polar surface area (TPSA) is 0 Å². The van der Waals surface area contributed by atoms with Crippen LogP contribution in [-0.4, -0.2) is 0 Å². The molecule has 1 aliphatic carbocycles. The summed E-state index contributed by atoms with van der Waals surface area (Å²) in [6.07, 6.45) is 5.13. The Morgan fingerprint density at radius 3 is 2.32 bits per heavy atom. The summed E-state index contributed by atoms with van der Waals surface area (Å²) in [5.74, 6) is -1.41. The zero-order valence-corrected chi connectivity index (χ0v) is 13.1. The maximum Gasteiger partial charge on any atom is 0.169 e. The quantitative estimate of drug-likeness (QED) is 0.644. The molecule has 0 bridgehead atoms. The van der Waals surface area contributed by atoms with Crippen LogP contribution in [0, 0.1) is 36.2 Å². The Bertz CT molecular complexity index is 698. The SMILES string of the molecule is Cc1cc2ccc(CC3CCC(C)CC3)c(F)c2c(F)c1F. The molecule has 0 radical (unpaired) electrons. The third kappa shape index (κ3) is 2.73. The fraction of sp³-hybridized carbons (Fsp3) is 0.474. The minimum absolute atomic E-state index is 0.204. The van der Waals surface area contributed by atoms with Crippen molar-refractivity contribution < 1.29 is 13.2 Å². The van der Waals surface area contributed by atoms with E-state index in [1.165, 1.54) is 25.8 Å². The Morgan fingerprint density at radius 2 is 1.64 bits per heavy atom. The number of aryl methyl sites for hydroxylation is 1. The first-order valence-corrected chi connectivity index (χ1v) is 8.03. The second-order valence-corrected chi connectivity index (χ2v) is 6.79. The average Bonchev–Trinajstić information content (AvgIpc) is 2.50. The van der Waals surface area contributed by atoms with Gasteiger partial charge in [0.1, 0.15) is 5.82 Å². The van der Waals surface area contributed by atoms with E-state index in [0.29, 0.717) is 23.3 Å². The van der Waals surface area contributed by atoms with Crippen LogP contribution in [0.3, 0.4) is 0 Å². The molecule has 3 heteroatoms. The number of benzene rings is 2. The van der Waals surface area contributed by atoms with Crippen molar-refractivity contribution in [2.24, 2.45) is 11.8 Å². The Kier molecular flexibility index (Phi) is 4.16. The van der Waals surface area contributed by atoms with E-state index in [2.05, 4.69) is 6.92 Å². The van der Waals surface area contributed by atoms with Crippen LogP contribution < -0.4 is 0 Å². The summed E-state index contributed by atoms with van der Waals surface area (Å²) in [6.45, 7) is 3.74. The van der Waals surface area contributed by atoms with Crippen molar-refractivity contribution in [3.05, 3.63) is 46.8 Å². The zero-order chi connectivity index (χ0) is 15.9. The summed E-state index contributed by atoms with van der Waals surface area (Å²) in [4.78, 5) is 0. The van der Waals surface area contributed by atoms with Crippen molar-refractivity contribution in [2.75, 3.05) is 0 Å². The summed E-state index contributed by atoms with van der Waals surface area (Å²) in [6, 6.07) is 4.93. The molecule has 1 fully saturated rings. The number of halogens is 3. The fourth-order valence-electron chi connectivity index (χ4n) is 3.56. The lowest BCUT2D eigenvalue weighted by atomic mass is 9.80. The molecule has 22 heavy (non-hydrogen) atoms. The normalized spacial score (nSPS) is 22.2. The lowest BCUT2D eigenvalue weighted by molar-refractivity contribution is 0.287. The van der Waals surface area contributed by atoms with E-state index in [0.717, 1.165) is 18.8 Å². The molecule has 0 spiro atoms. The Labute approximate surface area is 129 Å². The molecule has 1 aliphatic rings. The summed E-state index contributed by atoms with van der Waals surface area (Å²) in [5.41, 5.74) is 0.715. The second-order valence-electron chi connectivity index (χ2n) is 6.79. The smallest absolute Gasteiger partial charge is 0.169 e. The highest BCUT2D eigenvalue weighted by Crippen LogP contribution is 2.33. The highest BCUT2D eigenvalue weighted by atomic mass is 19.2. The van der Waals surface area contributed by atoms with E-state index >= 15 is 0 Å². The molecule has 0 N–H and O–H groups in total. The maximum absolute atomic E-state index is 14.7. The molecular formula is C19H21F3. The molecule has 1 saturated carbocycles. The molecule has 0 saturated heterocycles. The summed E-state index contributed by atoms with van der Waals surface area (Å²) in [5, 5.41) is 0.222. The summed E-state index contributed by atoms with van der Waals surface area (Å²) < 4.78 is 42.5. The molecule has 0 aromatic heterocycles. The predicted octanol–water partition coefficient (Wildman–Crippen LogP) is 5.93. The standard InChI is InChI=1S/C19H21F3/c1-11-3-5-13(6-4-11)10-15-8-7-14-9-12(2)17(20)19(22)16(14)18(15)21/h7-9,11,13H,3-6,10H2,1-2H3. The van der Waals surface area contributed by atoms with Gasteiger partial charge in [0, 0.05) is 0 Å². The minimum Gasteiger partial charge on any atom is -0.206 e. The van der Waals surface area contributed by atoms with Gasteiger partial charge in [-0.1, -0.05) is 31.9 Å². The van der Waals surface area contributed by atoms with Gasteiger partial charge in [-0.2, -0.15) is 0 Å². The van der Waals surface area contributed by atoms with Crippen molar-refractivity contribution in [1.29, 1.82) is 0 Å². The van der Waals surface area contributed by atoms with E-state index in [1.54, 1.807) is 12.1 Å². The zero-order valence-electron chi connectivity index (χ0n) is 13.1. The van der Waals surface area contributed by atoms with Gasteiger partial charge in [0.05, 0.1) is 5.39 Å². The maximum atomic E-state index is 14.7. The first-order valence-electron chi connectivity index (χ1n) is 8.03. The van der Waals surface area contributed by atoms with Crippen molar-refractivity contribution in [1.82, 2.24) is 0 Å². The molecule has 118 valence electrons. The molecular weight excluding hydrogens is 285 g/mol. The van der Waals surface area contributed by atoms with Crippen molar-refractivity contribution in [3.63, 3.8) is 0 Å². The van der Waals surface area contributed by atoms with Crippen molar-refractivity contribution in [2.45, 2.75) is 46.0 Å². The van der Waals surface area contributed by atoms with Gasteiger partial charge in [-0.05, 0) is 60.6 Å². The van der Waals surface area contributed by atoms with Crippen molar-refractivity contribution in [3.8, 4) is 0 Å². The Morgan fingerprint density at radius 1 is 0.955 bits per heavy atom.